The van der Waals surface area contributed by atoms with E-state index in [0.29, 0.717) is 36.3 Å². The van der Waals surface area contributed by atoms with E-state index in [1.807, 2.05) is 38.1 Å². The molecule has 2 aromatic rings. The van der Waals surface area contributed by atoms with Gasteiger partial charge in [-0.1, -0.05) is 0 Å². The van der Waals surface area contributed by atoms with Gasteiger partial charge < -0.3 is 24.8 Å². The lowest BCUT2D eigenvalue weighted by atomic mass is 10.3. The number of nitrogens with zero attached hydrogens (tertiary/aromatic N) is 2. The molecule has 0 bridgehead atoms. The van der Waals surface area contributed by atoms with Gasteiger partial charge >= 0.3 is 5.97 Å². The third-order valence-electron chi connectivity index (χ3n) is 4.16. The van der Waals surface area contributed by atoms with E-state index in [4.69, 9.17) is 14.2 Å². The number of aryl methyl sites for hydroxylation is 1. The number of guanidine groups is 1. The molecule has 1 aromatic heterocycles. The van der Waals surface area contributed by atoms with Crippen LogP contribution in [0.25, 0.3) is 0 Å². The minimum atomic E-state index is -0.328. The number of benzene rings is 1. The van der Waals surface area contributed by atoms with Crippen LogP contribution in [0.1, 0.15) is 46.7 Å². The van der Waals surface area contributed by atoms with Crippen molar-refractivity contribution in [1.29, 1.82) is 0 Å². The van der Waals surface area contributed by atoms with Crippen LogP contribution >= 0.6 is 11.3 Å². The maximum Gasteiger partial charge on any atom is 0.350 e. The summed E-state index contributed by atoms with van der Waals surface area (Å²) in [5.41, 5.74) is 0.681. The second-order valence-electron chi connectivity index (χ2n) is 6.43. The zero-order valence-electron chi connectivity index (χ0n) is 18.2. The molecule has 2 rings (SSSR count). The molecule has 0 saturated heterocycles. The predicted molar refractivity (Wildman–Crippen MR) is 119 cm³/mol. The Morgan fingerprint density at radius 2 is 1.97 bits per heavy atom. The molecule has 0 amide bonds. The number of hydrogen-bond donors (Lipinski definition) is 2. The van der Waals surface area contributed by atoms with Gasteiger partial charge in [0.1, 0.15) is 21.4 Å². The second-order valence-corrected chi connectivity index (χ2v) is 7.46. The van der Waals surface area contributed by atoms with Crippen LogP contribution in [0.4, 0.5) is 0 Å². The number of rotatable bonds is 10. The molecule has 0 aliphatic heterocycles. The summed E-state index contributed by atoms with van der Waals surface area (Å²) < 4.78 is 15.9. The Labute approximate surface area is 181 Å². The largest absolute Gasteiger partial charge is 0.497 e. The lowest BCUT2D eigenvalue weighted by Crippen LogP contribution is -2.39. The molecule has 0 spiro atoms. The second kappa shape index (κ2) is 12.0. The monoisotopic (exact) mass is 434 g/mol. The highest BCUT2D eigenvalue weighted by Crippen LogP contribution is 2.24. The Hall–Kier alpha value is -2.81. The molecule has 9 heteroatoms. The Morgan fingerprint density at radius 1 is 1.27 bits per heavy atom. The van der Waals surface area contributed by atoms with Gasteiger partial charge in [-0.05, 0) is 51.5 Å². The lowest BCUT2D eigenvalue weighted by molar-refractivity contribution is 0.0531. The van der Waals surface area contributed by atoms with Gasteiger partial charge in [-0.3, -0.25) is 4.99 Å². The van der Waals surface area contributed by atoms with Crippen LogP contribution in [0.3, 0.4) is 0 Å². The Morgan fingerprint density at radius 3 is 2.60 bits per heavy atom. The number of thiazole rings is 1. The first kappa shape index (κ1) is 23.5. The molecule has 0 radical (unpaired) electrons. The molecule has 2 N–H and O–H groups in total. The first-order valence-electron chi connectivity index (χ1n) is 9.87. The molecular weight excluding hydrogens is 404 g/mol. The van der Waals surface area contributed by atoms with Crippen molar-refractivity contribution in [3.8, 4) is 11.5 Å². The zero-order chi connectivity index (χ0) is 21.9. The van der Waals surface area contributed by atoms with Gasteiger partial charge in [0.2, 0.25) is 0 Å². The molecule has 8 nitrogen and oxygen atoms in total. The molecule has 164 valence electrons. The third-order valence-corrected chi connectivity index (χ3v) is 5.48. The Balaban J connectivity index is 1.77. The number of aliphatic imine (C=N–C) groups is 1. The van der Waals surface area contributed by atoms with Crippen molar-refractivity contribution in [1.82, 2.24) is 15.6 Å². The van der Waals surface area contributed by atoms with E-state index in [-0.39, 0.29) is 12.0 Å². The number of carbonyl (C=O) groups excluding carboxylic acids is 1. The van der Waals surface area contributed by atoms with E-state index >= 15 is 0 Å². The highest BCUT2D eigenvalue weighted by atomic mass is 32.1. The Kier molecular flexibility index (Phi) is 9.40. The quantitative estimate of drug-likeness (QED) is 0.256. The summed E-state index contributed by atoms with van der Waals surface area (Å²) in [6.07, 6.45) is 0.810. The van der Waals surface area contributed by atoms with Gasteiger partial charge in [0.15, 0.2) is 5.96 Å². The van der Waals surface area contributed by atoms with Crippen molar-refractivity contribution in [2.24, 2.45) is 4.99 Å². The van der Waals surface area contributed by atoms with Crippen molar-refractivity contribution in [2.45, 2.75) is 33.2 Å². The fourth-order valence-electron chi connectivity index (χ4n) is 2.59. The van der Waals surface area contributed by atoms with E-state index in [2.05, 4.69) is 20.6 Å². The van der Waals surface area contributed by atoms with Gasteiger partial charge in [0, 0.05) is 13.6 Å². The summed E-state index contributed by atoms with van der Waals surface area (Å²) in [4.78, 5) is 21.3. The number of carbonyl (C=O) groups is 1. The van der Waals surface area contributed by atoms with E-state index in [0.717, 1.165) is 22.9 Å². The zero-order valence-corrected chi connectivity index (χ0v) is 19.0. The SMILES string of the molecule is CCOC(=O)c1sc(C(C)NC(=NC)NCCCOc2ccc(OC)cc2)nc1C. The van der Waals surface area contributed by atoms with Crippen LogP contribution in [0, 0.1) is 6.92 Å². The summed E-state index contributed by atoms with van der Waals surface area (Å²) in [6.45, 7) is 7.21. The van der Waals surface area contributed by atoms with Crippen LogP contribution < -0.4 is 20.1 Å². The molecular formula is C21H30N4O4S. The molecule has 0 aliphatic rings. The molecule has 1 heterocycles. The number of ether oxygens (including phenoxy) is 3. The normalized spacial score (nSPS) is 12.2. The average molecular weight is 435 g/mol. The minimum Gasteiger partial charge on any atom is -0.497 e. The number of aromatic nitrogens is 1. The summed E-state index contributed by atoms with van der Waals surface area (Å²) >= 11 is 1.34. The van der Waals surface area contributed by atoms with Gasteiger partial charge in [-0.15, -0.1) is 11.3 Å². The van der Waals surface area contributed by atoms with Crippen LogP contribution in [0.5, 0.6) is 11.5 Å². The van der Waals surface area contributed by atoms with E-state index in [1.165, 1.54) is 11.3 Å². The maximum absolute atomic E-state index is 12.0. The number of methoxy groups -OCH3 is 1. The molecule has 1 unspecified atom stereocenters. The van der Waals surface area contributed by atoms with Crippen molar-refractivity contribution in [3.63, 3.8) is 0 Å². The molecule has 1 aromatic carbocycles. The predicted octanol–water partition coefficient (Wildman–Crippen LogP) is 3.33. The van der Waals surface area contributed by atoms with E-state index in [9.17, 15) is 4.79 Å². The van der Waals surface area contributed by atoms with Crippen molar-refractivity contribution in [2.75, 3.05) is 33.9 Å². The van der Waals surface area contributed by atoms with Crippen molar-refractivity contribution < 1.29 is 19.0 Å². The summed E-state index contributed by atoms with van der Waals surface area (Å²) in [6, 6.07) is 7.41. The van der Waals surface area contributed by atoms with Crippen LogP contribution in [0.2, 0.25) is 0 Å². The third kappa shape index (κ3) is 6.91. The highest BCUT2D eigenvalue weighted by molar-refractivity contribution is 7.13. The van der Waals surface area contributed by atoms with Crippen molar-refractivity contribution in [3.05, 3.63) is 39.8 Å². The molecule has 0 fully saturated rings. The number of nitrogens with one attached hydrogen (secondary N) is 2. The molecule has 0 aliphatic carbocycles. The summed E-state index contributed by atoms with van der Waals surface area (Å²) in [7, 11) is 3.35. The fourth-order valence-corrected chi connectivity index (χ4v) is 3.55. The van der Waals surface area contributed by atoms with E-state index < -0.39 is 0 Å². The van der Waals surface area contributed by atoms with Gasteiger partial charge in [0.05, 0.1) is 32.1 Å². The van der Waals surface area contributed by atoms with E-state index in [1.54, 1.807) is 21.1 Å². The van der Waals surface area contributed by atoms with Gasteiger partial charge in [-0.2, -0.15) is 0 Å². The average Bonchev–Trinajstić information content (AvgIpc) is 3.15. The smallest absolute Gasteiger partial charge is 0.350 e. The van der Waals surface area contributed by atoms with Crippen LogP contribution in [0.15, 0.2) is 29.3 Å². The number of hydrogen-bond acceptors (Lipinski definition) is 7. The Bertz CT molecular complexity index is 836. The standard InChI is InChI=1S/C21H30N4O4S/c1-6-28-20(26)18-14(2)24-19(30-18)15(3)25-21(22-4)23-12-7-13-29-17-10-8-16(27-5)9-11-17/h8-11,15H,6-7,12-13H2,1-5H3,(H2,22,23,25). The highest BCUT2D eigenvalue weighted by Gasteiger charge is 2.20. The van der Waals surface area contributed by atoms with Gasteiger partial charge in [-0.25, -0.2) is 9.78 Å². The number of esters is 1. The first-order valence-corrected chi connectivity index (χ1v) is 10.7. The molecule has 1 atom stereocenters. The lowest BCUT2D eigenvalue weighted by Gasteiger charge is -2.16. The minimum absolute atomic E-state index is 0.0985. The van der Waals surface area contributed by atoms with Crippen LogP contribution in [-0.2, 0) is 4.74 Å². The van der Waals surface area contributed by atoms with Crippen molar-refractivity contribution >= 4 is 23.3 Å². The molecule has 30 heavy (non-hydrogen) atoms. The summed E-state index contributed by atoms with van der Waals surface area (Å²) in [5.74, 6) is 1.95. The van der Waals surface area contributed by atoms with Crippen LogP contribution in [-0.4, -0.2) is 50.8 Å². The topological polar surface area (TPSA) is 94.1 Å². The maximum atomic E-state index is 12.0. The fraction of sp³-hybridized carbons (Fsp3) is 0.476. The van der Waals surface area contributed by atoms with Gasteiger partial charge in [0.25, 0.3) is 0 Å². The first-order chi connectivity index (χ1) is 14.5. The summed E-state index contributed by atoms with van der Waals surface area (Å²) in [5, 5.41) is 7.37. The molecule has 0 saturated carbocycles.